The van der Waals surface area contributed by atoms with E-state index in [2.05, 4.69) is 44.5 Å². The molecular weight excluding hydrogens is 352 g/mol. The highest BCUT2D eigenvalue weighted by atomic mass is 16.5. The van der Waals surface area contributed by atoms with Gasteiger partial charge in [0, 0.05) is 38.0 Å². The molecular formula is C21H22N6O. The second-order valence-corrected chi connectivity index (χ2v) is 6.94. The quantitative estimate of drug-likeness (QED) is 0.683. The highest BCUT2D eigenvalue weighted by Crippen LogP contribution is 2.16. The van der Waals surface area contributed by atoms with Gasteiger partial charge in [-0.25, -0.2) is 9.67 Å². The first-order valence-electron chi connectivity index (χ1n) is 9.45. The molecule has 0 amide bonds. The van der Waals surface area contributed by atoms with Crippen LogP contribution in [-0.2, 0) is 17.8 Å². The lowest BCUT2D eigenvalue weighted by atomic mass is 10.2. The molecule has 1 atom stereocenters. The Bertz CT molecular complexity index is 932. The van der Waals surface area contributed by atoms with Crippen LogP contribution < -0.4 is 0 Å². The Balaban J connectivity index is 1.40. The Morgan fingerprint density at radius 1 is 1.18 bits per heavy atom. The smallest absolute Gasteiger partial charge is 0.140 e. The fourth-order valence-corrected chi connectivity index (χ4v) is 3.41. The maximum absolute atomic E-state index is 8.86. The highest BCUT2D eigenvalue weighted by molar-refractivity contribution is 5.56. The summed E-state index contributed by atoms with van der Waals surface area (Å²) in [6.45, 7) is 4.24. The summed E-state index contributed by atoms with van der Waals surface area (Å²) >= 11 is 0. The average Bonchev–Trinajstić information content (AvgIpc) is 3.09. The van der Waals surface area contributed by atoms with Gasteiger partial charge in [0.15, 0.2) is 0 Å². The molecule has 0 radical (unpaired) electrons. The molecule has 1 aromatic carbocycles. The monoisotopic (exact) mass is 374 g/mol. The summed E-state index contributed by atoms with van der Waals surface area (Å²) in [6, 6.07) is 16.1. The lowest BCUT2D eigenvalue weighted by Crippen LogP contribution is -2.34. The molecule has 0 saturated carbocycles. The molecule has 2 aromatic heterocycles. The number of pyridine rings is 1. The van der Waals surface area contributed by atoms with Crippen molar-refractivity contribution in [2.75, 3.05) is 19.7 Å². The molecule has 0 aliphatic carbocycles. The maximum atomic E-state index is 8.86. The minimum Gasteiger partial charge on any atom is -0.375 e. The first kappa shape index (κ1) is 18.3. The highest BCUT2D eigenvalue weighted by Gasteiger charge is 2.20. The summed E-state index contributed by atoms with van der Waals surface area (Å²) in [6.07, 6.45) is 4.65. The number of benzene rings is 1. The maximum Gasteiger partial charge on any atom is 0.140 e. The van der Waals surface area contributed by atoms with Crippen molar-refractivity contribution in [3.8, 4) is 17.3 Å². The third kappa shape index (κ3) is 4.60. The predicted molar refractivity (Wildman–Crippen MR) is 104 cm³/mol. The summed E-state index contributed by atoms with van der Waals surface area (Å²) in [7, 11) is 0. The summed E-state index contributed by atoms with van der Waals surface area (Å²) in [4.78, 5) is 6.53. The molecule has 0 spiro atoms. The van der Waals surface area contributed by atoms with Crippen LogP contribution in [0, 0.1) is 11.3 Å². The second-order valence-electron chi connectivity index (χ2n) is 6.94. The van der Waals surface area contributed by atoms with E-state index in [0.717, 1.165) is 43.9 Å². The summed E-state index contributed by atoms with van der Waals surface area (Å²) in [5.74, 6) is 0. The van der Waals surface area contributed by atoms with Crippen molar-refractivity contribution < 1.29 is 4.74 Å². The van der Waals surface area contributed by atoms with Crippen molar-refractivity contribution >= 4 is 0 Å². The molecule has 0 N–H and O–H groups in total. The zero-order valence-corrected chi connectivity index (χ0v) is 15.6. The van der Waals surface area contributed by atoms with Crippen molar-refractivity contribution in [2.45, 2.75) is 25.6 Å². The minimum atomic E-state index is 0.0693. The van der Waals surface area contributed by atoms with Crippen LogP contribution in [0.5, 0.6) is 0 Å². The Hall–Kier alpha value is -3.08. The molecule has 7 heteroatoms. The first-order chi connectivity index (χ1) is 13.8. The van der Waals surface area contributed by atoms with Crippen LogP contribution in [0.15, 0.2) is 54.9 Å². The number of nitrogens with zero attached hydrogens (tertiary/aromatic N) is 6. The van der Waals surface area contributed by atoms with E-state index in [1.54, 1.807) is 12.3 Å². The molecule has 1 aliphatic rings. The zero-order valence-electron chi connectivity index (χ0n) is 15.6. The Kier molecular flexibility index (Phi) is 5.71. The van der Waals surface area contributed by atoms with Crippen LogP contribution >= 0.6 is 0 Å². The third-order valence-electron chi connectivity index (χ3n) is 4.79. The van der Waals surface area contributed by atoms with Gasteiger partial charge in [0.05, 0.1) is 18.8 Å². The van der Waals surface area contributed by atoms with Gasteiger partial charge in [-0.15, -0.1) is 5.10 Å². The van der Waals surface area contributed by atoms with Gasteiger partial charge in [-0.05, 0) is 24.1 Å². The number of nitriles is 1. The third-order valence-corrected chi connectivity index (χ3v) is 4.79. The molecule has 1 unspecified atom stereocenters. The molecule has 1 aliphatic heterocycles. The summed E-state index contributed by atoms with van der Waals surface area (Å²) in [5, 5.41) is 17.3. The first-order valence-corrected chi connectivity index (χ1v) is 9.45. The Morgan fingerprint density at radius 2 is 2.07 bits per heavy atom. The van der Waals surface area contributed by atoms with Gasteiger partial charge in [-0.1, -0.05) is 35.5 Å². The fraction of sp³-hybridized carbons (Fsp3) is 0.333. The van der Waals surface area contributed by atoms with E-state index in [1.807, 2.05) is 29.1 Å². The molecule has 1 fully saturated rings. The minimum absolute atomic E-state index is 0.0693. The van der Waals surface area contributed by atoms with Crippen molar-refractivity contribution in [1.29, 1.82) is 5.26 Å². The summed E-state index contributed by atoms with van der Waals surface area (Å²) < 4.78 is 7.87. The lowest BCUT2D eigenvalue weighted by Gasteiger charge is -2.23. The van der Waals surface area contributed by atoms with E-state index < -0.39 is 0 Å². The van der Waals surface area contributed by atoms with Crippen molar-refractivity contribution in [2.24, 2.45) is 0 Å². The van der Waals surface area contributed by atoms with E-state index in [0.29, 0.717) is 12.2 Å². The number of hydrogen-bond donors (Lipinski definition) is 0. The largest absolute Gasteiger partial charge is 0.375 e. The van der Waals surface area contributed by atoms with Crippen LogP contribution in [0.3, 0.4) is 0 Å². The second kappa shape index (κ2) is 8.74. The van der Waals surface area contributed by atoms with Gasteiger partial charge >= 0.3 is 0 Å². The number of ether oxygens (including phenoxy) is 1. The molecule has 7 nitrogen and oxygen atoms in total. The van der Waals surface area contributed by atoms with Crippen LogP contribution in [0.25, 0.3) is 11.3 Å². The van der Waals surface area contributed by atoms with Crippen molar-refractivity contribution in [3.05, 3.63) is 66.1 Å². The van der Waals surface area contributed by atoms with Crippen LogP contribution in [-0.4, -0.2) is 50.7 Å². The number of hydrogen-bond acceptors (Lipinski definition) is 6. The molecule has 142 valence electrons. The number of rotatable bonds is 5. The van der Waals surface area contributed by atoms with E-state index >= 15 is 0 Å². The van der Waals surface area contributed by atoms with Gasteiger partial charge in [-0.3, -0.25) is 4.90 Å². The van der Waals surface area contributed by atoms with Crippen LogP contribution in [0.2, 0.25) is 0 Å². The SMILES string of the molecule is N#Cc1ccc(-c2cn(CC3CN(Cc4ccccc4)CCCO3)nn2)cn1. The topological polar surface area (TPSA) is 79.9 Å². The molecule has 28 heavy (non-hydrogen) atoms. The molecule has 3 aromatic rings. The van der Waals surface area contributed by atoms with E-state index in [1.165, 1.54) is 5.56 Å². The predicted octanol–water partition coefficient (Wildman–Crippen LogP) is 2.50. The Labute approximate surface area is 164 Å². The van der Waals surface area contributed by atoms with Gasteiger partial charge in [-0.2, -0.15) is 5.26 Å². The lowest BCUT2D eigenvalue weighted by molar-refractivity contribution is 0.0387. The van der Waals surface area contributed by atoms with E-state index in [4.69, 9.17) is 10.00 Å². The summed E-state index contributed by atoms with van der Waals surface area (Å²) in [5.41, 5.74) is 3.30. The van der Waals surface area contributed by atoms with Gasteiger partial charge < -0.3 is 4.74 Å². The van der Waals surface area contributed by atoms with Gasteiger partial charge in [0.2, 0.25) is 0 Å². The van der Waals surface area contributed by atoms with Crippen LogP contribution in [0.4, 0.5) is 0 Å². The molecule has 3 heterocycles. The van der Waals surface area contributed by atoms with Crippen molar-refractivity contribution in [1.82, 2.24) is 24.9 Å². The van der Waals surface area contributed by atoms with E-state index in [-0.39, 0.29) is 6.10 Å². The molecule has 4 rings (SSSR count). The Morgan fingerprint density at radius 3 is 2.86 bits per heavy atom. The average molecular weight is 374 g/mol. The molecule has 0 bridgehead atoms. The zero-order chi connectivity index (χ0) is 19.2. The molecule has 1 saturated heterocycles. The van der Waals surface area contributed by atoms with Crippen LogP contribution in [0.1, 0.15) is 17.7 Å². The normalized spacial score (nSPS) is 17.8. The van der Waals surface area contributed by atoms with Gasteiger partial charge in [0.1, 0.15) is 17.5 Å². The van der Waals surface area contributed by atoms with Crippen molar-refractivity contribution in [3.63, 3.8) is 0 Å². The van der Waals surface area contributed by atoms with Gasteiger partial charge in [0.25, 0.3) is 0 Å². The number of aromatic nitrogens is 4. The fourth-order valence-electron chi connectivity index (χ4n) is 3.41. The van der Waals surface area contributed by atoms with E-state index in [9.17, 15) is 0 Å². The standard InChI is InChI=1S/C21H22N6O/c22-11-19-8-7-18(12-23-19)21-16-27(25-24-21)15-20-14-26(9-4-10-28-20)13-17-5-2-1-3-6-17/h1-3,5-8,12,16,20H,4,9-10,13-15H2.